The van der Waals surface area contributed by atoms with E-state index in [9.17, 15) is 4.79 Å². The first-order valence-corrected chi connectivity index (χ1v) is 6.67. The van der Waals surface area contributed by atoms with Crippen LogP contribution >= 0.6 is 9.03 Å². The lowest BCUT2D eigenvalue weighted by Crippen LogP contribution is -2.25. The van der Waals surface area contributed by atoms with Gasteiger partial charge in [0.25, 0.3) is 0 Å². The van der Waals surface area contributed by atoms with Crippen molar-refractivity contribution < 1.29 is 13.8 Å². The molecule has 4 nitrogen and oxygen atoms in total. The smallest absolute Gasteiger partial charge is 0.219 e. The number of nitrogens with one attached hydrogen (secondary N) is 1. The minimum Gasteiger partial charge on any atom is -0.356 e. The predicted octanol–water partition coefficient (Wildman–Crippen LogP) is 2.24. The molecule has 0 saturated carbocycles. The summed E-state index contributed by atoms with van der Waals surface area (Å²) in [6.07, 6.45) is 4.18. The maximum Gasteiger partial charge on any atom is 0.219 e. The van der Waals surface area contributed by atoms with Crippen LogP contribution in [0.4, 0.5) is 0 Å². The normalized spacial score (nSPS) is 24.8. The van der Waals surface area contributed by atoms with Crippen molar-refractivity contribution in [3.8, 4) is 0 Å². The second kappa shape index (κ2) is 7.21. The first-order valence-electron chi connectivity index (χ1n) is 5.85. The summed E-state index contributed by atoms with van der Waals surface area (Å²) in [5.41, 5.74) is 0.241. The third-order valence-electron chi connectivity index (χ3n) is 2.45. The van der Waals surface area contributed by atoms with Gasteiger partial charge in [0.15, 0.2) is 9.03 Å². The molecule has 1 amide bonds. The third-order valence-corrected chi connectivity index (χ3v) is 2.97. The molecule has 2 saturated heterocycles. The van der Waals surface area contributed by atoms with Crippen molar-refractivity contribution in [2.45, 2.75) is 39.5 Å². The molecular formula is C11H22NO3P. The summed E-state index contributed by atoms with van der Waals surface area (Å²) in [5, 5.41) is 2.81. The van der Waals surface area contributed by atoms with Gasteiger partial charge in [-0.1, -0.05) is 20.3 Å². The Morgan fingerprint density at radius 2 is 1.88 bits per heavy atom. The molecule has 2 aliphatic rings. The van der Waals surface area contributed by atoms with E-state index < -0.39 is 0 Å². The van der Waals surface area contributed by atoms with Gasteiger partial charge in [0, 0.05) is 18.4 Å². The van der Waals surface area contributed by atoms with Crippen molar-refractivity contribution in [2.24, 2.45) is 5.41 Å². The van der Waals surface area contributed by atoms with Crippen molar-refractivity contribution in [1.82, 2.24) is 5.32 Å². The zero-order valence-electron chi connectivity index (χ0n) is 10.2. The van der Waals surface area contributed by atoms with Crippen molar-refractivity contribution in [3.05, 3.63) is 0 Å². The molecule has 2 fully saturated rings. The van der Waals surface area contributed by atoms with Crippen LogP contribution in [0.3, 0.4) is 0 Å². The average Bonchev–Trinajstić information content (AvgIpc) is 2.46. The van der Waals surface area contributed by atoms with Gasteiger partial charge in [0.05, 0.1) is 13.2 Å². The molecule has 2 heterocycles. The Bertz CT molecular complexity index is 203. The third kappa shape index (κ3) is 6.41. The van der Waals surface area contributed by atoms with E-state index in [0.717, 1.165) is 39.0 Å². The van der Waals surface area contributed by atoms with Crippen LogP contribution in [0.5, 0.6) is 0 Å². The quantitative estimate of drug-likeness (QED) is 0.668. The van der Waals surface area contributed by atoms with E-state index in [1.165, 1.54) is 6.42 Å². The average molecular weight is 247 g/mol. The van der Waals surface area contributed by atoms with Gasteiger partial charge in [-0.3, -0.25) is 4.79 Å². The molecule has 2 aliphatic heterocycles. The molecular weight excluding hydrogens is 225 g/mol. The summed E-state index contributed by atoms with van der Waals surface area (Å²) in [7, 11) is 0.268. The summed E-state index contributed by atoms with van der Waals surface area (Å²) in [4.78, 5) is 10.6. The van der Waals surface area contributed by atoms with Crippen LogP contribution in [-0.4, -0.2) is 25.7 Å². The fraction of sp³-hybridized carbons (Fsp3) is 0.909. The molecule has 0 aliphatic carbocycles. The van der Waals surface area contributed by atoms with E-state index >= 15 is 0 Å². The van der Waals surface area contributed by atoms with Crippen molar-refractivity contribution >= 4 is 14.9 Å². The van der Waals surface area contributed by atoms with E-state index in [1.807, 2.05) is 0 Å². The molecule has 0 radical (unpaired) electrons. The van der Waals surface area contributed by atoms with E-state index in [1.54, 1.807) is 0 Å². The Labute approximate surface area is 99.4 Å². The number of hydrogen-bond acceptors (Lipinski definition) is 3. The first kappa shape index (κ1) is 13.9. The summed E-state index contributed by atoms with van der Waals surface area (Å²) >= 11 is 0. The summed E-state index contributed by atoms with van der Waals surface area (Å²) in [5.74, 6) is 0.225. The Hall–Kier alpha value is -0.180. The Balaban J connectivity index is 0.000000160. The Kier molecular flexibility index (Phi) is 6.25. The second-order valence-electron chi connectivity index (χ2n) is 4.99. The number of carbonyl (C=O) groups is 1. The maximum absolute atomic E-state index is 10.6. The van der Waals surface area contributed by atoms with Crippen LogP contribution in [0.15, 0.2) is 0 Å². The zero-order valence-corrected chi connectivity index (χ0v) is 11.2. The van der Waals surface area contributed by atoms with Gasteiger partial charge in [-0.05, 0) is 12.8 Å². The first-order chi connectivity index (χ1) is 7.60. The number of hydrogen-bond donors (Lipinski definition) is 1. The lowest BCUT2D eigenvalue weighted by atomic mass is 9.97. The van der Waals surface area contributed by atoms with Crippen LogP contribution in [0.1, 0.15) is 39.5 Å². The maximum atomic E-state index is 10.6. The predicted molar refractivity (Wildman–Crippen MR) is 65.5 cm³/mol. The van der Waals surface area contributed by atoms with Crippen LogP contribution in [-0.2, 0) is 13.8 Å². The molecule has 0 aromatic heterocycles. The molecule has 5 heteroatoms. The SMILES string of the molecule is CC1(C)COPOC1.O=C1CCCCCN1. The second-order valence-corrected chi connectivity index (χ2v) is 5.73. The van der Waals surface area contributed by atoms with E-state index in [-0.39, 0.29) is 20.4 Å². The van der Waals surface area contributed by atoms with E-state index in [0.29, 0.717) is 0 Å². The zero-order chi connectivity index (χ0) is 11.9. The number of rotatable bonds is 0. The fourth-order valence-corrected chi connectivity index (χ4v) is 2.42. The van der Waals surface area contributed by atoms with Gasteiger partial charge < -0.3 is 14.4 Å². The van der Waals surface area contributed by atoms with Crippen LogP contribution in [0, 0.1) is 5.41 Å². The van der Waals surface area contributed by atoms with Crippen LogP contribution < -0.4 is 5.32 Å². The highest BCUT2D eigenvalue weighted by molar-refractivity contribution is 7.26. The lowest BCUT2D eigenvalue weighted by molar-refractivity contribution is -0.120. The minimum atomic E-state index is 0.225. The summed E-state index contributed by atoms with van der Waals surface area (Å²) in [6, 6.07) is 0. The fourth-order valence-electron chi connectivity index (χ4n) is 1.44. The highest BCUT2D eigenvalue weighted by Gasteiger charge is 2.22. The summed E-state index contributed by atoms with van der Waals surface area (Å²) < 4.78 is 10.2. The van der Waals surface area contributed by atoms with Gasteiger partial charge >= 0.3 is 0 Å². The Morgan fingerprint density at radius 3 is 2.44 bits per heavy atom. The van der Waals surface area contributed by atoms with Crippen molar-refractivity contribution in [3.63, 3.8) is 0 Å². The van der Waals surface area contributed by atoms with Crippen LogP contribution in [0.25, 0.3) is 0 Å². The molecule has 0 aromatic rings. The Morgan fingerprint density at radius 1 is 1.19 bits per heavy atom. The summed E-state index contributed by atoms with van der Waals surface area (Å²) in [6.45, 7) is 6.84. The highest BCUT2D eigenvalue weighted by atomic mass is 31.1. The number of amides is 1. The van der Waals surface area contributed by atoms with E-state index in [4.69, 9.17) is 9.05 Å². The minimum absolute atomic E-state index is 0.225. The van der Waals surface area contributed by atoms with Gasteiger partial charge in [-0.15, -0.1) is 0 Å². The molecule has 0 aromatic carbocycles. The van der Waals surface area contributed by atoms with Gasteiger partial charge in [0.1, 0.15) is 0 Å². The monoisotopic (exact) mass is 247 g/mol. The molecule has 1 N–H and O–H groups in total. The molecule has 16 heavy (non-hydrogen) atoms. The standard InChI is InChI=1S/C6H11NO.C5H11O2P/c8-6-4-2-1-3-5-7-6;1-5(2)3-6-8-7-4-5/h1-5H2,(H,7,8);8H,3-4H2,1-2H3. The van der Waals surface area contributed by atoms with Gasteiger partial charge in [0.2, 0.25) is 5.91 Å². The largest absolute Gasteiger partial charge is 0.356 e. The van der Waals surface area contributed by atoms with Crippen molar-refractivity contribution in [1.29, 1.82) is 0 Å². The molecule has 0 unspecified atom stereocenters. The van der Waals surface area contributed by atoms with Crippen molar-refractivity contribution in [2.75, 3.05) is 19.8 Å². The highest BCUT2D eigenvalue weighted by Crippen LogP contribution is 2.30. The molecule has 94 valence electrons. The molecule has 0 atom stereocenters. The topological polar surface area (TPSA) is 47.6 Å². The van der Waals surface area contributed by atoms with Gasteiger partial charge in [-0.2, -0.15) is 0 Å². The lowest BCUT2D eigenvalue weighted by Gasteiger charge is -2.27. The van der Waals surface area contributed by atoms with E-state index in [2.05, 4.69) is 19.2 Å². The molecule has 2 rings (SSSR count). The molecule has 0 bridgehead atoms. The number of carbonyl (C=O) groups excluding carboxylic acids is 1. The van der Waals surface area contributed by atoms with Gasteiger partial charge in [-0.25, -0.2) is 0 Å². The molecule has 0 spiro atoms. The van der Waals surface area contributed by atoms with Crippen LogP contribution in [0.2, 0.25) is 0 Å².